The number of thiocarbonyl (C=S) groups is 1. The first-order chi connectivity index (χ1) is 17.1. The van der Waals surface area contributed by atoms with Crippen molar-refractivity contribution in [3.8, 4) is 5.75 Å². The monoisotopic (exact) mass is 553 g/mol. The molecule has 0 bridgehead atoms. The molecule has 0 aliphatic carbocycles. The summed E-state index contributed by atoms with van der Waals surface area (Å²) in [5.41, 5.74) is 5.19. The van der Waals surface area contributed by atoms with Gasteiger partial charge in [0.25, 0.3) is 0 Å². The second-order valence-corrected chi connectivity index (χ2v) is 8.23. The van der Waals surface area contributed by atoms with E-state index in [1.54, 1.807) is 54.0 Å². The summed E-state index contributed by atoms with van der Waals surface area (Å²) < 4.78 is 40.4. The van der Waals surface area contributed by atoms with Crippen LogP contribution in [0.5, 0.6) is 5.75 Å². The number of alkyl halides is 3. The summed E-state index contributed by atoms with van der Waals surface area (Å²) in [7, 11) is 0. The van der Waals surface area contributed by atoms with E-state index in [2.05, 4.69) is 25.6 Å². The van der Waals surface area contributed by atoms with Gasteiger partial charge in [0.05, 0.1) is 16.9 Å². The van der Waals surface area contributed by atoms with Gasteiger partial charge in [-0.3, -0.25) is 16.2 Å². The highest BCUT2D eigenvalue weighted by Crippen LogP contribution is 2.25. The topological polar surface area (TPSA) is 98.5 Å². The lowest BCUT2D eigenvalue weighted by atomic mass is 10.1. The molecule has 0 spiro atoms. The Morgan fingerprint density at radius 1 is 1.03 bits per heavy atom. The number of nitrogens with one attached hydrogen (secondary N) is 3. The zero-order valence-electron chi connectivity index (χ0n) is 18.2. The zero-order valence-corrected chi connectivity index (χ0v) is 20.5. The van der Waals surface area contributed by atoms with Crippen LogP contribution in [0, 0.1) is 5.41 Å². The number of nitrogens with two attached hydrogens (primary N) is 1. The van der Waals surface area contributed by atoms with Crippen molar-refractivity contribution in [1.82, 2.24) is 5.43 Å². The predicted octanol–water partition coefficient (Wildman–Crippen LogP) is 5.46. The van der Waals surface area contributed by atoms with E-state index in [4.69, 9.17) is 40.8 Å². The van der Waals surface area contributed by atoms with Gasteiger partial charge in [0.2, 0.25) is 0 Å². The molecule has 13 heteroatoms. The largest absolute Gasteiger partial charge is 0.573 e. The number of halogens is 5. The first kappa shape index (κ1) is 27.1. The molecule has 0 aliphatic rings. The van der Waals surface area contributed by atoms with Crippen molar-refractivity contribution in [3.63, 3.8) is 0 Å². The molecule has 0 aromatic heterocycles. The van der Waals surface area contributed by atoms with Gasteiger partial charge in [0, 0.05) is 22.7 Å². The summed E-state index contributed by atoms with van der Waals surface area (Å²) >= 11 is 17.1. The van der Waals surface area contributed by atoms with Crippen LogP contribution >= 0.6 is 35.4 Å². The number of benzene rings is 3. The van der Waals surface area contributed by atoms with Gasteiger partial charge >= 0.3 is 6.36 Å². The molecule has 0 atom stereocenters. The fraction of sp³-hybridized carbons (Fsp3) is 0.0435. The average molecular weight is 554 g/mol. The standard InChI is InChI=1S/C23H17Cl2F3N6OS/c24-16-5-10-20(19(25)11-16)33-22(36)34-32-12-14-1-3-15(4-2-14)21(29)31-13-30-17-6-8-18(9-7-17)35-23(26,27)28/h1-13H,(H2,29,30,31)(H2,33,34,36)/p+1. The third-order valence-electron chi connectivity index (χ3n) is 4.33. The molecule has 0 radical (unpaired) electrons. The summed E-state index contributed by atoms with van der Waals surface area (Å²) in [6.07, 6.45) is -1.80. The summed E-state index contributed by atoms with van der Waals surface area (Å²) in [5.74, 6) is -0.303. The van der Waals surface area contributed by atoms with E-state index in [1.807, 2.05) is 0 Å². The van der Waals surface area contributed by atoms with Crippen LogP contribution in [0.2, 0.25) is 10.0 Å². The number of amidine groups is 1. The van der Waals surface area contributed by atoms with Crippen LogP contribution in [0.15, 0.2) is 76.8 Å². The van der Waals surface area contributed by atoms with Crippen molar-refractivity contribution in [2.45, 2.75) is 6.36 Å². The fourth-order valence-corrected chi connectivity index (χ4v) is 3.31. The van der Waals surface area contributed by atoms with Gasteiger partial charge in [-0.05, 0) is 48.1 Å². The lowest BCUT2D eigenvalue weighted by molar-refractivity contribution is -0.432. The lowest BCUT2D eigenvalue weighted by Crippen LogP contribution is -2.76. The Kier molecular flexibility index (Phi) is 9.37. The van der Waals surface area contributed by atoms with Gasteiger partial charge in [-0.25, -0.2) is 0 Å². The number of hydrogen-bond acceptors (Lipinski definition) is 4. The van der Waals surface area contributed by atoms with Crippen LogP contribution in [0.25, 0.3) is 0 Å². The minimum atomic E-state index is -4.74. The summed E-state index contributed by atoms with van der Waals surface area (Å²) in [4.78, 5) is 4.04. The average Bonchev–Trinajstić information content (AvgIpc) is 2.81. The van der Waals surface area contributed by atoms with Crippen molar-refractivity contribution in [1.29, 1.82) is 5.41 Å². The first-order valence-electron chi connectivity index (χ1n) is 10.1. The molecular formula is C23H18Cl2F3N6OS+. The Morgan fingerprint density at radius 3 is 2.36 bits per heavy atom. The SMILES string of the molecule is N=C(N=C[NH2+]c1ccc(OC(F)(F)F)cc1)c1ccc(C=NNC(=S)Nc2ccc(Cl)cc2Cl)cc1. The molecule has 3 aromatic carbocycles. The van der Waals surface area contributed by atoms with Crippen LogP contribution in [-0.4, -0.2) is 29.9 Å². The third-order valence-corrected chi connectivity index (χ3v) is 5.07. The number of rotatable bonds is 7. The molecule has 186 valence electrons. The van der Waals surface area contributed by atoms with Crippen molar-refractivity contribution < 1.29 is 23.2 Å². The summed E-state index contributed by atoms with van der Waals surface area (Å²) in [5, 5.41) is 17.8. The molecule has 0 amide bonds. The number of anilines is 1. The molecule has 0 aliphatic heterocycles. The highest BCUT2D eigenvalue weighted by atomic mass is 35.5. The summed E-state index contributed by atoms with van der Waals surface area (Å²) in [6, 6.07) is 17.2. The molecule has 36 heavy (non-hydrogen) atoms. The van der Waals surface area contributed by atoms with Crippen molar-refractivity contribution >= 4 is 70.3 Å². The van der Waals surface area contributed by atoms with E-state index in [9.17, 15) is 13.2 Å². The predicted molar refractivity (Wildman–Crippen MR) is 140 cm³/mol. The van der Waals surface area contributed by atoms with Crippen LogP contribution < -0.4 is 20.8 Å². The number of hydrogen-bond donors (Lipinski definition) is 4. The van der Waals surface area contributed by atoms with Crippen LogP contribution in [0.4, 0.5) is 24.5 Å². The van der Waals surface area contributed by atoms with E-state index >= 15 is 0 Å². The quantitative estimate of drug-likeness (QED) is 0.103. The maximum absolute atomic E-state index is 12.2. The van der Waals surface area contributed by atoms with Crippen LogP contribution in [0.3, 0.4) is 0 Å². The molecule has 0 fully saturated rings. The highest BCUT2D eigenvalue weighted by Gasteiger charge is 2.31. The second kappa shape index (κ2) is 12.5. The molecule has 3 aromatic rings. The Bertz CT molecular complexity index is 1280. The number of nitrogens with zero attached hydrogens (tertiary/aromatic N) is 2. The maximum Gasteiger partial charge on any atom is 0.573 e. The van der Waals surface area contributed by atoms with Crippen LogP contribution in [-0.2, 0) is 0 Å². The Morgan fingerprint density at radius 2 is 1.72 bits per heavy atom. The van der Waals surface area contributed by atoms with Crippen LogP contribution in [0.1, 0.15) is 11.1 Å². The smallest absolute Gasteiger partial charge is 0.406 e. The maximum atomic E-state index is 12.2. The molecule has 3 rings (SSSR count). The van der Waals surface area contributed by atoms with E-state index in [1.165, 1.54) is 30.6 Å². The number of quaternary nitrogens is 1. The first-order valence-corrected chi connectivity index (χ1v) is 11.2. The van der Waals surface area contributed by atoms with Crippen molar-refractivity contribution in [3.05, 3.63) is 87.9 Å². The Balaban J connectivity index is 1.47. The molecule has 0 saturated heterocycles. The van der Waals surface area contributed by atoms with E-state index < -0.39 is 6.36 Å². The van der Waals surface area contributed by atoms with Gasteiger partial charge in [-0.15, -0.1) is 13.2 Å². The Hall–Kier alpha value is -3.51. The highest BCUT2D eigenvalue weighted by molar-refractivity contribution is 7.80. The minimum absolute atomic E-state index is 0.00936. The lowest BCUT2D eigenvalue weighted by Gasteiger charge is -2.08. The Labute approximate surface area is 219 Å². The van der Waals surface area contributed by atoms with Gasteiger partial charge in [-0.2, -0.15) is 10.1 Å². The van der Waals surface area contributed by atoms with E-state index in [-0.39, 0.29) is 16.7 Å². The molecule has 5 N–H and O–H groups in total. The normalized spacial score (nSPS) is 11.6. The van der Waals surface area contributed by atoms with E-state index in [0.717, 1.165) is 5.56 Å². The fourth-order valence-electron chi connectivity index (χ4n) is 2.69. The second-order valence-electron chi connectivity index (χ2n) is 6.98. The minimum Gasteiger partial charge on any atom is -0.406 e. The van der Waals surface area contributed by atoms with Gasteiger partial charge in [0.1, 0.15) is 11.4 Å². The van der Waals surface area contributed by atoms with Gasteiger partial charge in [0.15, 0.2) is 17.3 Å². The zero-order chi connectivity index (χ0) is 26.1. The number of aliphatic imine (C=N–C) groups is 1. The molecular weight excluding hydrogens is 536 g/mol. The number of ether oxygens (including phenoxy) is 1. The van der Waals surface area contributed by atoms with E-state index in [0.29, 0.717) is 27.0 Å². The van der Waals surface area contributed by atoms with Crippen molar-refractivity contribution in [2.75, 3.05) is 5.32 Å². The summed E-state index contributed by atoms with van der Waals surface area (Å²) in [6.45, 7) is 0. The van der Waals surface area contributed by atoms with Gasteiger partial charge in [-0.1, -0.05) is 47.5 Å². The molecule has 7 nitrogen and oxygen atoms in total. The van der Waals surface area contributed by atoms with Crippen molar-refractivity contribution in [2.24, 2.45) is 10.1 Å². The molecule has 0 heterocycles. The number of hydrazone groups is 1. The third kappa shape index (κ3) is 8.93. The molecule has 0 unspecified atom stereocenters. The van der Waals surface area contributed by atoms with Gasteiger partial charge < -0.3 is 10.1 Å². The molecule has 0 saturated carbocycles.